The van der Waals surface area contributed by atoms with Gasteiger partial charge in [-0.2, -0.15) is 23.4 Å². The number of ether oxygens (including phenoxy) is 1. The average molecular weight is 381 g/mol. The molecule has 2 N–H and O–H groups in total. The SMILES string of the molecule is Cc1cc(C(F)(F)F)cc(O)c1-c1ccc(CNCC2CCCOC2)nn1. The van der Waals surface area contributed by atoms with Gasteiger partial charge in [-0.15, -0.1) is 0 Å². The van der Waals surface area contributed by atoms with E-state index >= 15 is 0 Å². The number of nitrogens with zero attached hydrogens (tertiary/aromatic N) is 2. The second kappa shape index (κ2) is 8.22. The number of benzene rings is 1. The summed E-state index contributed by atoms with van der Waals surface area (Å²) in [5, 5.41) is 21.6. The summed E-state index contributed by atoms with van der Waals surface area (Å²) >= 11 is 0. The second-order valence-corrected chi connectivity index (χ2v) is 6.81. The van der Waals surface area contributed by atoms with E-state index < -0.39 is 17.5 Å². The van der Waals surface area contributed by atoms with Gasteiger partial charge in [0.15, 0.2) is 0 Å². The Balaban J connectivity index is 1.66. The first kappa shape index (κ1) is 19.6. The van der Waals surface area contributed by atoms with E-state index in [1.54, 1.807) is 12.1 Å². The highest BCUT2D eigenvalue weighted by Gasteiger charge is 2.32. The fourth-order valence-corrected chi connectivity index (χ4v) is 3.23. The number of aromatic hydroxyl groups is 1. The summed E-state index contributed by atoms with van der Waals surface area (Å²) in [6.45, 7) is 4.49. The van der Waals surface area contributed by atoms with Crippen molar-refractivity contribution >= 4 is 0 Å². The Hall–Kier alpha value is -2.19. The number of phenols is 1. The summed E-state index contributed by atoms with van der Waals surface area (Å²) in [4.78, 5) is 0. The minimum atomic E-state index is -4.51. The average Bonchev–Trinajstić information content (AvgIpc) is 2.62. The summed E-state index contributed by atoms with van der Waals surface area (Å²) in [5.74, 6) is 0.0394. The van der Waals surface area contributed by atoms with Crippen LogP contribution >= 0.6 is 0 Å². The molecule has 3 rings (SSSR count). The number of halogens is 3. The summed E-state index contributed by atoms with van der Waals surface area (Å²) in [5.41, 5.74) is 0.721. The predicted octanol–water partition coefficient (Wildman–Crippen LogP) is 3.69. The number of phenolic OH excluding ortho intramolecular Hbond substituents is 1. The minimum Gasteiger partial charge on any atom is -0.507 e. The van der Waals surface area contributed by atoms with Gasteiger partial charge in [-0.05, 0) is 55.5 Å². The van der Waals surface area contributed by atoms with E-state index in [1.165, 1.54) is 6.92 Å². The maximum absolute atomic E-state index is 12.8. The summed E-state index contributed by atoms with van der Waals surface area (Å²) in [6.07, 6.45) is -2.29. The highest BCUT2D eigenvalue weighted by atomic mass is 19.4. The quantitative estimate of drug-likeness (QED) is 0.827. The Kier molecular flexibility index (Phi) is 5.96. The number of aromatic nitrogens is 2. The third-order valence-electron chi connectivity index (χ3n) is 4.61. The Morgan fingerprint density at radius 2 is 2.07 bits per heavy atom. The molecular formula is C19H22F3N3O2. The van der Waals surface area contributed by atoms with Gasteiger partial charge in [-0.25, -0.2) is 0 Å². The first-order chi connectivity index (χ1) is 12.8. The van der Waals surface area contributed by atoms with Gasteiger partial charge in [0.1, 0.15) is 5.75 Å². The summed E-state index contributed by atoms with van der Waals surface area (Å²) in [6, 6.07) is 5.12. The molecule has 0 saturated carbocycles. The zero-order chi connectivity index (χ0) is 19.4. The van der Waals surface area contributed by atoms with Crippen molar-refractivity contribution in [1.29, 1.82) is 0 Å². The van der Waals surface area contributed by atoms with Crippen molar-refractivity contribution in [2.45, 2.75) is 32.5 Å². The van der Waals surface area contributed by atoms with Crippen LogP contribution in [0.5, 0.6) is 5.75 Å². The van der Waals surface area contributed by atoms with Crippen LogP contribution in [0.25, 0.3) is 11.3 Å². The molecule has 2 aromatic rings. The molecule has 1 aliphatic heterocycles. The van der Waals surface area contributed by atoms with Crippen molar-refractivity contribution in [2.75, 3.05) is 19.8 Å². The van der Waals surface area contributed by atoms with Crippen LogP contribution < -0.4 is 5.32 Å². The van der Waals surface area contributed by atoms with E-state index in [1.807, 2.05) is 0 Å². The van der Waals surface area contributed by atoms with Gasteiger partial charge in [0, 0.05) is 25.3 Å². The topological polar surface area (TPSA) is 67.3 Å². The van der Waals surface area contributed by atoms with Crippen molar-refractivity contribution in [3.63, 3.8) is 0 Å². The van der Waals surface area contributed by atoms with Crippen molar-refractivity contribution in [1.82, 2.24) is 15.5 Å². The van der Waals surface area contributed by atoms with E-state index in [-0.39, 0.29) is 5.56 Å². The number of hydrogen-bond donors (Lipinski definition) is 2. The number of nitrogens with one attached hydrogen (secondary N) is 1. The minimum absolute atomic E-state index is 0.259. The van der Waals surface area contributed by atoms with E-state index in [0.29, 0.717) is 29.8 Å². The molecule has 0 bridgehead atoms. The summed E-state index contributed by atoms with van der Waals surface area (Å²) in [7, 11) is 0. The Labute approximate surface area is 155 Å². The number of alkyl halides is 3. The lowest BCUT2D eigenvalue weighted by atomic mass is 10.0. The third-order valence-corrected chi connectivity index (χ3v) is 4.61. The highest BCUT2D eigenvalue weighted by Crippen LogP contribution is 2.38. The molecule has 1 unspecified atom stereocenters. The Morgan fingerprint density at radius 3 is 2.67 bits per heavy atom. The van der Waals surface area contributed by atoms with Gasteiger partial charge in [0.2, 0.25) is 0 Å². The molecule has 1 aromatic carbocycles. The maximum Gasteiger partial charge on any atom is 0.416 e. The van der Waals surface area contributed by atoms with E-state index in [9.17, 15) is 18.3 Å². The standard InChI is InChI=1S/C19H22F3N3O2/c1-12-7-14(19(20,21)22)8-17(26)18(12)16-5-4-15(24-25-16)10-23-9-13-3-2-6-27-11-13/h4-5,7-8,13,23,26H,2-3,6,9-11H2,1H3. The molecule has 1 aromatic heterocycles. The lowest BCUT2D eigenvalue weighted by molar-refractivity contribution is -0.137. The molecule has 0 aliphatic carbocycles. The van der Waals surface area contributed by atoms with Crippen LogP contribution in [0.1, 0.15) is 29.7 Å². The monoisotopic (exact) mass is 381 g/mol. The molecule has 27 heavy (non-hydrogen) atoms. The molecule has 5 nitrogen and oxygen atoms in total. The van der Waals surface area contributed by atoms with E-state index in [4.69, 9.17) is 4.74 Å². The van der Waals surface area contributed by atoms with Crippen LogP contribution in [-0.2, 0) is 17.5 Å². The van der Waals surface area contributed by atoms with Crippen molar-refractivity contribution in [2.24, 2.45) is 5.92 Å². The molecule has 1 fully saturated rings. The smallest absolute Gasteiger partial charge is 0.416 e. The Bertz CT molecular complexity index is 750. The molecule has 2 heterocycles. The van der Waals surface area contributed by atoms with E-state index in [2.05, 4.69) is 15.5 Å². The van der Waals surface area contributed by atoms with Gasteiger partial charge in [0.05, 0.1) is 23.6 Å². The Morgan fingerprint density at radius 1 is 1.26 bits per heavy atom. The molecule has 146 valence electrons. The molecule has 0 radical (unpaired) electrons. The largest absolute Gasteiger partial charge is 0.507 e. The van der Waals surface area contributed by atoms with Gasteiger partial charge in [-0.3, -0.25) is 0 Å². The fourth-order valence-electron chi connectivity index (χ4n) is 3.23. The lowest BCUT2D eigenvalue weighted by Crippen LogP contribution is -2.29. The molecule has 8 heteroatoms. The summed E-state index contributed by atoms with van der Waals surface area (Å²) < 4.78 is 43.9. The van der Waals surface area contributed by atoms with Crippen LogP contribution in [0.3, 0.4) is 0 Å². The second-order valence-electron chi connectivity index (χ2n) is 6.81. The van der Waals surface area contributed by atoms with Gasteiger partial charge >= 0.3 is 6.18 Å². The molecule has 0 amide bonds. The molecule has 1 saturated heterocycles. The zero-order valence-corrected chi connectivity index (χ0v) is 15.0. The zero-order valence-electron chi connectivity index (χ0n) is 15.0. The van der Waals surface area contributed by atoms with Crippen molar-refractivity contribution in [3.05, 3.63) is 41.1 Å². The lowest BCUT2D eigenvalue weighted by Gasteiger charge is -2.22. The fraction of sp³-hybridized carbons (Fsp3) is 0.474. The normalized spacial score (nSPS) is 17.9. The molecule has 1 atom stereocenters. The van der Waals surface area contributed by atoms with Crippen LogP contribution in [-0.4, -0.2) is 35.1 Å². The van der Waals surface area contributed by atoms with Crippen LogP contribution in [0.15, 0.2) is 24.3 Å². The number of aryl methyl sites for hydroxylation is 1. The highest BCUT2D eigenvalue weighted by molar-refractivity contribution is 5.71. The first-order valence-corrected chi connectivity index (χ1v) is 8.87. The van der Waals surface area contributed by atoms with Crippen LogP contribution in [0.2, 0.25) is 0 Å². The predicted molar refractivity (Wildman–Crippen MR) is 94.1 cm³/mol. The third kappa shape index (κ3) is 4.95. The van der Waals surface area contributed by atoms with Crippen molar-refractivity contribution in [3.8, 4) is 17.0 Å². The number of rotatable bonds is 5. The van der Waals surface area contributed by atoms with Gasteiger partial charge in [0.25, 0.3) is 0 Å². The number of hydrogen-bond acceptors (Lipinski definition) is 5. The molecule has 0 spiro atoms. The molecular weight excluding hydrogens is 359 g/mol. The molecule has 1 aliphatic rings. The van der Waals surface area contributed by atoms with Gasteiger partial charge in [-0.1, -0.05) is 0 Å². The first-order valence-electron chi connectivity index (χ1n) is 8.87. The van der Waals surface area contributed by atoms with Crippen LogP contribution in [0, 0.1) is 12.8 Å². The van der Waals surface area contributed by atoms with Crippen LogP contribution in [0.4, 0.5) is 13.2 Å². The van der Waals surface area contributed by atoms with Crippen molar-refractivity contribution < 1.29 is 23.0 Å². The maximum atomic E-state index is 12.8. The van der Waals surface area contributed by atoms with E-state index in [0.717, 1.165) is 44.4 Å². The van der Waals surface area contributed by atoms with Gasteiger partial charge < -0.3 is 15.2 Å².